The van der Waals surface area contributed by atoms with Crippen molar-refractivity contribution in [2.75, 3.05) is 13.1 Å². The third kappa shape index (κ3) is 6.84. The predicted molar refractivity (Wildman–Crippen MR) is 137 cm³/mol. The molecule has 1 amide bonds. The minimum Gasteiger partial charge on any atom is -0.445 e. The quantitative estimate of drug-likeness (QED) is 0.158. The summed E-state index contributed by atoms with van der Waals surface area (Å²) in [4.78, 5) is 26.0. The largest absolute Gasteiger partial charge is 0.445 e. The monoisotopic (exact) mass is 619 g/mol. The topological polar surface area (TPSA) is 46.6 Å². The predicted octanol–water partition coefficient (Wildman–Crippen LogP) is 8.66. The molecule has 0 unspecified atom stereocenters. The summed E-state index contributed by atoms with van der Waals surface area (Å²) in [5.41, 5.74) is -5.74. The lowest BCUT2D eigenvalue weighted by Gasteiger charge is -2.43. The van der Waals surface area contributed by atoms with E-state index in [4.69, 9.17) is 27.9 Å². The number of benzene rings is 3. The number of hydrogen-bond donors (Lipinski definition) is 0. The van der Waals surface area contributed by atoms with Gasteiger partial charge in [-0.2, -0.15) is 26.3 Å². The number of ether oxygens (including phenoxy) is 1. The van der Waals surface area contributed by atoms with Crippen LogP contribution in [0.5, 0.6) is 0 Å². The number of halogens is 9. The molecule has 1 heterocycles. The summed E-state index contributed by atoms with van der Waals surface area (Å²) in [6.45, 7) is -0.685. The van der Waals surface area contributed by atoms with Crippen molar-refractivity contribution in [1.29, 1.82) is 0 Å². The van der Waals surface area contributed by atoms with Gasteiger partial charge in [-0.15, -0.1) is 0 Å². The van der Waals surface area contributed by atoms with Crippen LogP contribution in [0.2, 0.25) is 10.0 Å². The van der Waals surface area contributed by atoms with Crippen molar-refractivity contribution in [2.24, 2.45) is 0 Å². The Morgan fingerprint density at radius 1 is 0.902 bits per heavy atom. The van der Waals surface area contributed by atoms with E-state index in [1.807, 2.05) is 0 Å². The summed E-state index contributed by atoms with van der Waals surface area (Å²) in [6, 6.07) is 14.1. The third-order valence-electron chi connectivity index (χ3n) is 6.26. The molecule has 0 bridgehead atoms. The first-order valence-corrected chi connectivity index (χ1v) is 12.5. The fraction of sp³-hybridized carbons (Fsp3) is 0.214. The molecule has 1 saturated heterocycles. The van der Waals surface area contributed by atoms with Gasteiger partial charge in [0.1, 0.15) is 6.61 Å². The smallest absolute Gasteiger partial charge is 0.417 e. The van der Waals surface area contributed by atoms with E-state index in [1.54, 1.807) is 30.3 Å². The van der Waals surface area contributed by atoms with Gasteiger partial charge in [0.05, 0.1) is 34.3 Å². The SMILES string of the molecule is O=C(/C=C(\c1cc(Cl)c(Cl)c(C(F)(F)F)c1)C(F)(F)F)c1ccc(C2(F)CN(C(=O)OCc3ccccc3)C2)cc1. The lowest BCUT2D eigenvalue weighted by Crippen LogP contribution is -2.58. The van der Waals surface area contributed by atoms with Gasteiger partial charge in [-0.3, -0.25) is 4.79 Å². The highest BCUT2D eigenvalue weighted by molar-refractivity contribution is 6.42. The van der Waals surface area contributed by atoms with E-state index >= 15 is 4.39 Å². The van der Waals surface area contributed by atoms with Crippen LogP contribution in [-0.4, -0.2) is 36.0 Å². The fourth-order valence-electron chi connectivity index (χ4n) is 4.11. The minimum absolute atomic E-state index is 0.000553. The van der Waals surface area contributed by atoms with Crippen molar-refractivity contribution >= 4 is 40.7 Å². The van der Waals surface area contributed by atoms with E-state index < -0.39 is 56.6 Å². The van der Waals surface area contributed by atoms with Crippen molar-refractivity contribution in [3.05, 3.63) is 111 Å². The summed E-state index contributed by atoms with van der Waals surface area (Å²) >= 11 is 11.2. The molecule has 1 aliphatic rings. The second-order valence-corrected chi connectivity index (χ2v) is 9.96. The number of rotatable bonds is 6. The second kappa shape index (κ2) is 11.4. The first-order valence-electron chi connectivity index (χ1n) is 11.7. The van der Waals surface area contributed by atoms with Crippen LogP contribution >= 0.6 is 23.2 Å². The first-order chi connectivity index (χ1) is 19.1. The number of ketones is 1. The molecule has 0 aliphatic carbocycles. The number of amides is 1. The van der Waals surface area contributed by atoms with Crippen LogP contribution in [0, 0.1) is 0 Å². The molecule has 4 nitrogen and oxygen atoms in total. The Hall–Kier alpha value is -3.57. The van der Waals surface area contributed by atoms with Crippen molar-refractivity contribution in [2.45, 2.75) is 24.6 Å². The standard InChI is InChI=1S/C28H18Cl2F7NO3/c29-22-11-18(10-21(24(22)30)28(35,36)37)20(27(32,33)34)12-23(39)17-6-8-19(9-7-17)26(31)14-38(15-26)25(40)41-13-16-4-2-1-3-5-16/h1-12H,13-15H2/b20-12+. The number of hydrogen-bond acceptors (Lipinski definition) is 3. The first kappa shape index (κ1) is 30.4. The zero-order valence-electron chi connectivity index (χ0n) is 20.6. The third-order valence-corrected chi connectivity index (χ3v) is 7.06. The molecular formula is C28H18Cl2F7NO3. The van der Waals surface area contributed by atoms with Crippen LogP contribution in [-0.2, 0) is 23.2 Å². The van der Waals surface area contributed by atoms with Gasteiger partial charge in [0.25, 0.3) is 0 Å². The van der Waals surface area contributed by atoms with Crippen LogP contribution in [0.1, 0.15) is 32.6 Å². The molecule has 4 rings (SSSR count). The molecule has 216 valence electrons. The molecule has 3 aromatic carbocycles. The number of carbonyl (C=O) groups excluding carboxylic acids is 2. The number of allylic oxidation sites excluding steroid dienone is 2. The molecule has 0 aromatic heterocycles. The van der Waals surface area contributed by atoms with Crippen LogP contribution in [0.25, 0.3) is 5.57 Å². The maximum absolute atomic E-state index is 15.3. The molecule has 3 aromatic rings. The van der Waals surface area contributed by atoms with Crippen LogP contribution in [0.3, 0.4) is 0 Å². The highest BCUT2D eigenvalue weighted by Gasteiger charge is 2.48. The van der Waals surface area contributed by atoms with Gasteiger partial charge in [0, 0.05) is 5.56 Å². The fourth-order valence-corrected chi connectivity index (χ4v) is 4.54. The van der Waals surface area contributed by atoms with E-state index in [2.05, 4.69) is 0 Å². The van der Waals surface area contributed by atoms with Gasteiger partial charge in [-0.25, -0.2) is 9.18 Å². The lowest BCUT2D eigenvalue weighted by molar-refractivity contribution is -0.137. The molecule has 1 fully saturated rings. The van der Waals surface area contributed by atoms with Crippen molar-refractivity contribution in [3.8, 4) is 0 Å². The Morgan fingerprint density at radius 3 is 2.07 bits per heavy atom. The highest BCUT2D eigenvalue weighted by atomic mass is 35.5. The van der Waals surface area contributed by atoms with Gasteiger partial charge in [-0.1, -0.05) is 77.8 Å². The van der Waals surface area contributed by atoms with Crippen molar-refractivity contribution in [1.82, 2.24) is 4.90 Å². The maximum Gasteiger partial charge on any atom is 0.417 e. The lowest BCUT2D eigenvalue weighted by atomic mass is 9.87. The van der Waals surface area contributed by atoms with Crippen LogP contribution in [0.15, 0.2) is 72.8 Å². The zero-order chi connectivity index (χ0) is 30.2. The molecule has 41 heavy (non-hydrogen) atoms. The molecular weight excluding hydrogens is 602 g/mol. The number of carbonyl (C=O) groups is 2. The van der Waals surface area contributed by atoms with E-state index in [-0.39, 0.29) is 43.0 Å². The normalized spacial score (nSPS) is 15.3. The minimum atomic E-state index is -5.23. The van der Waals surface area contributed by atoms with E-state index in [0.717, 1.165) is 22.6 Å². The van der Waals surface area contributed by atoms with Gasteiger partial charge in [-0.05, 0) is 34.9 Å². The zero-order valence-corrected chi connectivity index (χ0v) is 22.1. The van der Waals surface area contributed by atoms with Gasteiger partial charge >= 0.3 is 18.4 Å². The van der Waals surface area contributed by atoms with Gasteiger partial charge in [0.15, 0.2) is 11.5 Å². The Morgan fingerprint density at radius 2 is 1.51 bits per heavy atom. The molecule has 0 atom stereocenters. The summed E-state index contributed by atoms with van der Waals surface area (Å²) in [5, 5.41) is -1.76. The summed E-state index contributed by atoms with van der Waals surface area (Å²) in [6.07, 6.45) is -10.9. The van der Waals surface area contributed by atoms with Crippen molar-refractivity contribution < 1.29 is 45.1 Å². The molecule has 0 N–H and O–H groups in total. The van der Waals surface area contributed by atoms with Gasteiger partial charge < -0.3 is 9.64 Å². The average molecular weight is 620 g/mol. The Labute approximate surface area is 238 Å². The van der Waals surface area contributed by atoms with Crippen molar-refractivity contribution in [3.63, 3.8) is 0 Å². The van der Waals surface area contributed by atoms with E-state index in [1.165, 1.54) is 12.1 Å². The highest BCUT2D eigenvalue weighted by Crippen LogP contribution is 2.43. The maximum atomic E-state index is 15.3. The Balaban J connectivity index is 1.49. The van der Waals surface area contributed by atoms with Crippen LogP contribution < -0.4 is 0 Å². The molecule has 13 heteroatoms. The molecule has 1 aliphatic heterocycles. The van der Waals surface area contributed by atoms with E-state index in [0.29, 0.717) is 6.07 Å². The Kier molecular flexibility index (Phi) is 8.42. The summed E-state index contributed by atoms with van der Waals surface area (Å²) in [7, 11) is 0. The number of likely N-dealkylation sites (tertiary alicyclic amines) is 1. The number of nitrogens with zero attached hydrogens (tertiary/aromatic N) is 1. The Bertz CT molecular complexity index is 1480. The molecule has 0 saturated carbocycles. The molecule has 0 radical (unpaired) electrons. The summed E-state index contributed by atoms with van der Waals surface area (Å²) < 4.78 is 102. The van der Waals surface area contributed by atoms with Crippen LogP contribution in [0.4, 0.5) is 35.5 Å². The number of alkyl halides is 7. The average Bonchev–Trinajstić information content (AvgIpc) is 2.89. The molecule has 0 spiro atoms. The summed E-state index contributed by atoms with van der Waals surface area (Å²) in [5.74, 6) is -1.20. The second-order valence-electron chi connectivity index (χ2n) is 9.18. The van der Waals surface area contributed by atoms with Gasteiger partial charge in [0.2, 0.25) is 0 Å². The van der Waals surface area contributed by atoms with E-state index in [9.17, 15) is 35.9 Å².